The van der Waals surface area contributed by atoms with Gasteiger partial charge in [0.1, 0.15) is 17.1 Å². The highest BCUT2D eigenvalue weighted by molar-refractivity contribution is 8.07. The Morgan fingerprint density at radius 2 is 2.25 bits per heavy atom. The lowest BCUT2D eigenvalue weighted by molar-refractivity contribution is -0.150. The van der Waals surface area contributed by atoms with E-state index in [1.54, 1.807) is 0 Å². The zero-order valence-electron chi connectivity index (χ0n) is 14.0. The number of anilines is 1. The van der Waals surface area contributed by atoms with Crippen LogP contribution in [0.3, 0.4) is 0 Å². The summed E-state index contributed by atoms with van der Waals surface area (Å²) in [5.41, 5.74) is 5.49. The highest BCUT2D eigenvalue weighted by Crippen LogP contribution is 2.45. The predicted molar refractivity (Wildman–Crippen MR) is 108 cm³/mol. The number of thioether (sulfide) groups is 2. The number of hydrogen-bond acceptors (Lipinski definition) is 10. The molecule has 0 radical (unpaired) electrons. The fourth-order valence-corrected chi connectivity index (χ4v) is 6.81. The Bertz CT molecular complexity index is 973. The van der Waals surface area contributed by atoms with Gasteiger partial charge in [-0.05, 0) is 11.4 Å². The number of rotatable bonds is 6. The Balaban J connectivity index is 1.49. The summed E-state index contributed by atoms with van der Waals surface area (Å²) in [7, 11) is 0. The number of thiophene rings is 1. The minimum absolute atomic E-state index is 0.0729. The van der Waals surface area contributed by atoms with Crippen LogP contribution >= 0.6 is 46.2 Å². The van der Waals surface area contributed by atoms with Gasteiger partial charge in [0.25, 0.3) is 5.91 Å². The smallest absolute Gasteiger partial charge is 0.353 e. The van der Waals surface area contributed by atoms with Crippen LogP contribution in [0.25, 0.3) is 0 Å². The van der Waals surface area contributed by atoms with E-state index < -0.39 is 23.3 Å². The average molecular weight is 456 g/mol. The summed E-state index contributed by atoms with van der Waals surface area (Å²) in [4.78, 5) is 39.3. The van der Waals surface area contributed by atoms with Crippen LogP contribution in [0.2, 0.25) is 0 Å². The van der Waals surface area contributed by atoms with E-state index in [1.807, 2.05) is 17.5 Å². The first kappa shape index (κ1) is 19.2. The van der Waals surface area contributed by atoms with Crippen LogP contribution in [0, 0.1) is 0 Å². The van der Waals surface area contributed by atoms with Crippen molar-refractivity contribution in [3.63, 3.8) is 0 Å². The van der Waals surface area contributed by atoms with Crippen molar-refractivity contribution in [3.8, 4) is 0 Å². The molecule has 28 heavy (non-hydrogen) atoms. The standard InChI is InChI=1S/C15H13N5O4S4/c16-14-18-19-15(28-14)27-7-5-26-12-9(11(22)20(12)10(7)13(23)24)17-8(21)4-6-2-1-3-25-6/h1-3,9,12H,4-5H2,(H2,16,18)(H,17,21)(H,23,24)/t9-,12+/m1/s1. The third-order valence-electron chi connectivity index (χ3n) is 4.00. The van der Waals surface area contributed by atoms with E-state index in [0.717, 1.165) is 28.0 Å². The molecule has 2 aliphatic rings. The number of carboxylic acids is 1. The summed E-state index contributed by atoms with van der Waals surface area (Å²) in [5, 5.41) is 21.7. The minimum Gasteiger partial charge on any atom is -0.477 e. The van der Waals surface area contributed by atoms with Crippen molar-refractivity contribution in [3.05, 3.63) is 33.0 Å². The van der Waals surface area contributed by atoms with Crippen molar-refractivity contribution in [2.75, 3.05) is 11.5 Å². The van der Waals surface area contributed by atoms with Crippen molar-refractivity contribution in [2.24, 2.45) is 0 Å². The molecule has 1 fully saturated rings. The number of aromatic nitrogens is 2. The number of β-lactam (4-membered cyclic amide) rings is 1. The first-order chi connectivity index (χ1) is 13.4. The second-order valence-corrected chi connectivity index (χ2v) is 10.3. The SMILES string of the molecule is Nc1nnc(SC2=C(C(=O)O)N3C(=O)[C@@H](NC(=O)Cc4cccs4)[C@@H]3SC2)s1. The van der Waals surface area contributed by atoms with E-state index in [-0.39, 0.29) is 23.2 Å². The zero-order valence-corrected chi connectivity index (χ0v) is 17.3. The largest absolute Gasteiger partial charge is 0.477 e. The van der Waals surface area contributed by atoms with E-state index in [4.69, 9.17) is 5.73 Å². The number of hydrogen-bond donors (Lipinski definition) is 3. The van der Waals surface area contributed by atoms with Gasteiger partial charge in [-0.15, -0.1) is 33.3 Å². The molecule has 2 aliphatic heterocycles. The topological polar surface area (TPSA) is 139 Å². The maximum Gasteiger partial charge on any atom is 0.353 e. The predicted octanol–water partition coefficient (Wildman–Crippen LogP) is 1.21. The van der Waals surface area contributed by atoms with Crippen molar-refractivity contribution in [2.45, 2.75) is 22.2 Å². The van der Waals surface area contributed by atoms with Gasteiger partial charge in [-0.2, -0.15) is 0 Å². The molecular weight excluding hydrogens is 442 g/mol. The van der Waals surface area contributed by atoms with Gasteiger partial charge in [0.2, 0.25) is 11.0 Å². The van der Waals surface area contributed by atoms with E-state index in [0.29, 0.717) is 15.0 Å². The van der Waals surface area contributed by atoms with Crippen molar-refractivity contribution < 1.29 is 19.5 Å². The first-order valence-corrected chi connectivity index (χ1v) is 11.5. The van der Waals surface area contributed by atoms with Gasteiger partial charge in [0.15, 0.2) is 4.34 Å². The summed E-state index contributed by atoms with van der Waals surface area (Å²) in [5.74, 6) is -1.49. The maximum atomic E-state index is 12.6. The molecule has 13 heteroatoms. The van der Waals surface area contributed by atoms with E-state index >= 15 is 0 Å². The summed E-state index contributed by atoms with van der Waals surface area (Å²) < 4.78 is 0.513. The van der Waals surface area contributed by atoms with E-state index in [9.17, 15) is 19.5 Å². The molecule has 2 aromatic rings. The number of fused-ring (bicyclic) bond motifs is 1. The minimum atomic E-state index is -1.19. The third kappa shape index (κ3) is 3.62. The van der Waals surface area contributed by atoms with Gasteiger partial charge in [0, 0.05) is 15.5 Å². The molecular formula is C15H13N5O4S4. The molecule has 0 spiro atoms. The highest BCUT2D eigenvalue weighted by atomic mass is 32.2. The van der Waals surface area contributed by atoms with Gasteiger partial charge >= 0.3 is 5.97 Å². The van der Waals surface area contributed by atoms with Crippen LogP contribution in [0.5, 0.6) is 0 Å². The molecule has 1 saturated heterocycles. The van der Waals surface area contributed by atoms with Crippen molar-refractivity contribution in [1.82, 2.24) is 20.4 Å². The molecule has 2 aromatic heterocycles. The molecule has 0 unspecified atom stereocenters. The number of carboxylic acid groups (broad SMARTS) is 1. The summed E-state index contributed by atoms with van der Waals surface area (Å²) in [6.45, 7) is 0. The van der Waals surface area contributed by atoms with Gasteiger partial charge in [-0.3, -0.25) is 14.5 Å². The number of nitrogens with two attached hydrogens (primary N) is 1. The number of nitrogen functional groups attached to an aromatic ring is 1. The van der Waals surface area contributed by atoms with Gasteiger partial charge < -0.3 is 16.2 Å². The molecule has 146 valence electrons. The summed E-state index contributed by atoms with van der Waals surface area (Å²) >= 11 is 5.17. The molecule has 9 nitrogen and oxygen atoms in total. The van der Waals surface area contributed by atoms with Crippen LogP contribution in [0.1, 0.15) is 4.88 Å². The van der Waals surface area contributed by atoms with Crippen molar-refractivity contribution >= 4 is 69.1 Å². The Labute approximate surface area is 175 Å². The quantitative estimate of drug-likeness (QED) is 0.549. The van der Waals surface area contributed by atoms with Gasteiger partial charge in [0.05, 0.1) is 6.42 Å². The van der Waals surface area contributed by atoms with Gasteiger partial charge in [-0.1, -0.05) is 29.2 Å². The van der Waals surface area contributed by atoms with Crippen LogP contribution in [0.15, 0.2) is 32.5 Å². The lowest BCUT2D eigenvalue weighted by Crippen LogP contribution is -2.70. The average Bonchev–Trinajstić information content (AvgIpc) is 3.30. The molecule has 2 amide bonds. The van der Waals surface area contributed by atoms with E-state index in [1.165, 1.54) is 28.0 Å². The molecule has 0 bridgehead atoms. The molecule has 0 aliphatic carbocycles. The normalized spacial score (nSPS) is 21.3. The summed E-state index contributed by atoms with van der Waals surface area (Å²) in [6.07, 6.45) is 0.194. The van der Waals surface area contributed by atoms with Crippen LogP contribution in [0.4, 0.5) is 5.13 Å². The van der Waals surface area contributed by atoms with Crippen LogP contribution in [-0.4, -0.2) is 55.2 Å². The van der Waals surface area contributed by atoms with Gasteiger partial charge in [-0.25, -0.2) is 4.79 Å². The number of carbonyl (C=O) groups is 3. The lowest BCUT2D eigenvalue weighted by atomic mass is 10.0. The zero-order chi connectivity index (χ0) is 19.8. The Hall–Kier alpha value is -2.09. The molecule has 4 N–H and O–H groups in total. The summed E-state index contributed by atoms with van der Waals surface area (Å²) in [6, 6.07) is 2.98. The molecule has 2 atom stereocenters. The number of nitrogens with one attached hydrogen (secondary N) is 1. The Kier molecular flexibility index (Phi) is 5.31. The Morgan fingerprint density at radius 1 is 1.43 bits per heavy atom. The molecule has 0 aromatic carbocycles. The van der Waals surface area contributed by atoms with Crippen LogP contribution in [-0.2, 0) is 20.8 Å². The second kappa shape index (κ2) is 7.73. The van der Waals surface area contributed by atoms with E-state index in [2.05, 4.69) is 15.5 Å². The number of amides is 2. The fourth-order valence-electron chi connectivity index (χ4n) is 2.83. The monoisotopic (exact) mass is 455 g/mol. The number of carbonyl (C=O) groups excluding carboxylic acids is 2. The molecule has 4 rings (SSSR count). The van der Waals surface area contributed by atoms with Crippen molar-refractivity contribution in [1.29, 1.82) is 0 Å². The third-order valence-corrected chi connectivity index (χ3v) is 8.23. The highest BCUT2D eigenvalue weighted by Gasteiger charge is 2.54. The second-order valence-electron chi connectivity index (χ2n) is 5.80. The number of nitrogens with zero attached hydrogens (tertiary/aromatic N) is 3. The Morgan fingerprint density at radius 3 is 2.89 bits per heavy atom. The molecule has 4 heterocycles. The maximum absolute atomic E-state index is 12.6. The first-order valence-electron chi connectivity index (χ1n) is 7.93. The molecule has 0 saturated carbocycles. The lowest BCUT2D eigenvalue weighted by Gasteiger charge is -2.49. The number of aliphatic carboxylic acids is 1. The van der Waals surface area contributed by atoms with Crippen LogP contribution < -0.4 is 11.1 Å². The fraction of sp³-hybridized carbons (Fsp3) is 0.267.